The van der Waals surface area contributed by atoms with Crippen molar-refractivity contribution in [2.24, 2.45) is 0 Å². The average Bonchev–Trinajstić information content (AvgIpc) is 3.06. The van der Waals surface area contributed by atoms with Gasteiger partial charge in [0, 0.05) is 11.3 Å². The number of halogens is 1. The predicted molar refractivity (Wildman–Crippen MR) is 104 cm³/mol. The van der Waals surface area contributed by atoms with Crippen LogP contribution in [0.1, 0.15) is 31.9 Å². The van der Waals surface area contributed by atoms with Crippen molar-refractivity contribution in [3.05, 3.63) is 80.8 Å². The van der Waals surface area contributed by atoms with Crippen molar-refractivity contribution in [3.63, 3.8) is 0 Å². The summed E-state index contributed by atoms with van der Waals surface area (Å²) in [6, 6.07) is 12.5. The zero-order valence-corrected chi connectivity index (χ0v) is 15.7. The molecule has 3 nitrogen and oxygen atoms in total. The number of thiophene rings is 1. The van der Waals surface area contributed by atoms with Crippen molar-refractivity contribution >= 4 is 22.9 Å². The molecule has 0 radical (unpaired) electrons. The molecule has 0 aliphatic heterocycles. The Morgan fingerprint density at radius 1 is 1.08 bits per heavy atom. The minimum absolute atomic E-state index is 0.254. The fourth-order valence-corrected chi connectivity index (χ4v) is 3.35. The Morgan fingerprint density at radius 3 is 2.62 bits per heavy atom. The summed E-state index contributed by atoms with van der Waals surface area (Å²) < 4.78 is 19.4. The van der Waals surface area contributed by atoms with E-state index in [1.807, 2.05) is 31.4 Å². The van der Waals surface area contributed by atoms with Gasteiger partial charge in [0.15, 0.2) is 0 Å². The second-order valence-electron chi connectivity index (χ2n) is 6.29. The van der Waals surface area contributed by atoms with Crippen LogP contribution in [0.4, 0.5) is 10.1 Å². The van der Waals surface area contributed by atoms with Gasteiger partial charge < -0.3 is 10.1 Å². The molecule has 5 heteroatoms. The predicted octanol–water partition coefficient (Wildman–Crippen LogP) is 5.64. The number of carbonyl (C=O) groups is 1. The lowest BCUT2D eigenvalue weighted by Crippen LogP contribution is -2.10. The lowest BCUT2D eigenvalue weighted by atomic mass is 10.1. The normalized spacial score (nSPS) is 10.6. The number of carbonyl (C=O) groups excluding carboxylic acids is 1. The van der Waals surface area contributed by atoms with Crippen LogP contribution >= 0.6 is 11.3 Å². The number of nitrogens with one attached hydrogen (secondary N) is 1. The molecule has 2 aromatic carbocycles. The summed E-state index contributed by atoms with van der Waals surface area (Å²) in [5.41, 5.74) is 4.19. The van der Waals surface area contributed by atoms with Gasteiger partial charge in [0.25, 0.3) is 5.91 Å². The summed E-state index contributed by atoms with van der Waals surface area (Å²) in [6.07, 6.45) is 0. The summed E-state index contributed by atoms with van der Waals surface area (Å²) in [4.78, 5) is 12.9. The highest BCUT2D eigenvalue weighted by Crippen LogP contribution is 2.23. The van der Waals surface area contributed by atoms with Gasteiger partial charge in [0.1, 0.15) is 18.2 Å². The van der Waals surface area contributed by atoms with Gasteiger partial charge >= 0.3 is 0 Å². The highest BCUT2D eigenvalue weighted by molar-refractivity contribution is 7.12. The third-order valence-electron chi connectivity index (χ3n) is 4.03. The molecular weight excluding hydrogens is 349 g/mol. The van der Waals surface area contributed by atoms with Crippen LogP contribution in [0.5, 0.6) is 5.75 Å². The molecule has 0 unspecified atom stereocenters. The minimum atomic E-state index is -0.337. The first-order valence-electron chi connectivity index (χ1n) is 8.27. The topological polar surface area (TPSA) is 38.3 Å². The molecule has 0 atom stereocenters. The van der Waals surface area contributed by atoms with Crippen LogP contribution < -0.4 is 10.1 Å². The van der Waals surface area contributed by atoms with Gasteiger partial charge in [-0.2, -0.15) is 0 Å². The molecule has 1 amide bonds. The maximum Gasteiger partial charge on any atom is 0.265 e. The van der Waals surface area contributed by atoms with E-state index in [-0.39, 0.29) is 11.7 Å². The van der Waals surface area contributed by atoms with Gasteiger partial charge in [-0.1, -0.05) is 23.8 Å². The van der Waals surface area contributed by atoms with Crippen molar-refractivity contribution in [1.29, 1.82) is 0 Å². The summed E-state index contributed by atoms with van der Waals surface area (Å²) >= 11 is 1.34. The lowest BCUT2D eigenvalue weighted by Gasteiger charge is -2.08. The van der Waals surface area contributed by atoms with Crippen molar-refractivity contribution in [3.8, 4) is 5.75 Å². The van der Waals surface area contributed by atoms with E-state index in [2.05, 4.69) is 11.4 Å². The van der Waals surface area contributed by atoms with E-state index in [4.69, 9.17) is 4.74 Å². The van der Waals surface area contributed by atoms with Crippen LogP contribution in [-0.4, -0.2) is 5.91 Å². The fourth-order valence-electron chi connectivity index (χ4n) is 2.56. The van der Waals surface area contributed by atoms with E-state index in [1.165, 1.54) is 23.0 Å². The minimum Gasteiger partial charge on any atom is -0.489 e. The molecule has 0 fully saturated rings. The molecule has 0 bridgehead atoms. The fraction of sp³-hybridized carbons (Fsp3) is 0.190. The third kappa shape index (κ3) is 4.29. The summed E-state index contributed by atoms with van der Waals surface area (Å²) in [6.45, 7) is 6.13. The van der Waals surface area contributed by atoms with Crippen molar-refractivity contribution in [2.45, 2.75) is 27.4 Å². The van der Waals surface area contributed by atoms with Gasteiger partial charge in [-0.25, -0.2) is 4.39 Å². The Morgan fingerprint density at radius 2 is 1.88 bits per heavy atom. The molecule has 1 heterocycles. The van der Waals surface area contributed by atoms with Crippen LogP contribution in [0.3, 0.4) is 0 Å². The number of hydrogen-bond donors (Lipinski definition) is 1. The number of benzene rings is 2. The SMILES string of the molecule is Cc1ccc(OCc2csc(C(=O)Nc3ccc(C)c(F)c3)c2)c(C)c1. The second-order valence-corrected chi connectivity index (χ2v) is 7.21. The van der Waals surface area contributed by atoms with Gasteiger partial charge in [0.05, 0.1) is 4.88 Å². The number of amides is 1. The van der Waals surface area contributed by atoms with Crippen LogP contribution in [0.2, 0.25) is 0 Å². The maximum atomic E-state index is 13.6. The first-order valence-corrected chi connectivity index (χ1v) is 9.15. The van der Waals surface area contributed by atoms with E-state index >= 15 is 0 Å². The highest BCUT2D eigenvalue weighted by Gasteiger charge is 2.11. The molecule has 3 rings (SSSR count). The summed E-state index contributed by atoms with van der Waals surface area (Å²) in [5.74, 6) is 0.246. The lowest BCUT2D eigenvalue weighted by molar-refractivity contribution is 0.103. The van der Waals surface area contributed by atoms with E-state index in [0.717, 1.165) is 16.9 Å². The molecule has 0 aliphatic carbocycles. The van der Waals surface area contributed by atoms with Gasteiger partial charge in [-0.15, -0.1) is 11.3 Å². The molecule has 134 valence electrons. The van der Waals surface area contributed by atoms with Gasteiger partial charge in [-0.05, 0) is 61.5 Å². The number of hydrogen-bond acceptors (Lipinski definition) is 3. The zero-order chi connectivity index (χ0) is 18.7. The van der Waals surface area contributed by atoms with E-state index in [1.54, 1.807) is 25.1 Å². The number of rotatable bonds is 5. The molecule has 0 saturated heterocycles. The Labute approximate surface area is 156 Å². The molecule has 1 aromatic heterocycles. The Balaban J connectivity index is 1.63. The van der Waals surface area contributed by atoms with Crippen LogP contribution in [0.15, 0.2) is 47.8 Å². The molecule has 3 aromatic rings. The highest BCUT2D eigenvalue weighted by atomic mass is 32.1. The Hall–Kier alpha value is -2.66. The van der Waals surface area contributed by atoms with Crippen LogP contribution in [0, 0.1) is 26.6 Å². The molecule has 0 spiro atoms. The molecule has 26 heavy (non-hydrogen) atoms. The summed E-state index contributed by atoms with van der Waals surface area (Å²) in [7, 11) is 0. The second kappa shape index (κ2) is 7.70. The van der Waals surface area contributed by atoms with Gasteiger partial charge in [0.2, 0.25) is 0 Å². The molecule has 1 N–H and O–H groups in total. The summed E-state index contributed by atoms with van der Waals surface area (Å²) in [5, 5.41) is 4.62. The van der Waals surface area contributed by atoms with E-state index in [0.29, 0.717) is 22.7 Å². The number of ether oxygens (including phenoxy) is 1. The smallest absolute Gasteiger partial charge is 0.265 e. The van der Waals surface area contributed by atoms with Crippen molar-refractivity contribution in [1.82, 2.24) is 0 Å². The van der Waals surface area contributed by atoms with Crippen molar-refractivity contribution < 1.29 is 13.9 Å². The van der Waals surface area contributed by atoms with Crippen LogP contribution in [-0.2, 0) is 6.61 Å². The van der Waals surface area contributed by atoms with Crippen LogP contribution in [0.25, 0.3) is 0 Å². The number of anilines is 1. The quantitative estimate of drug-likeness (QED) is 0.632. The van der Waals surface area contributed by atoms with Gasteiger partial charge in [-0.3, -0.25) is 4.79 Å². The van der Waals surface area contributed by atoms with E-state index < -0.39 is 0 Å². The third-order valence-corrected chi connectivity index (χ3v) is 5.01. The first-order chi connectivity index (χ1) is 12.4. The largest absolute Gasteiger partial charge is 0.489 e. The standard InChI is InChI=1S/C21H20FNO2S/c1-13-4-7-19(15(3)8-13)25-11-16-9-20(26-12-16)21(24)23-17-6-5-14(2)18(22)10-17/h4-10,12H,11H2,1-3H3,(H,23,24). The van der Waals surface area contributed by atoms with E-state index in [9.17, 15) is 9.18 Å². The number of aryl methyl sites for hydroxylation is 3. The monoisotopic (exact) mass is 369 g/mol. The Bertz CT molecular complexity index is 949. The molecule has 0 aliphatic rings. The zero-order valence-electron chi connectivity index (χ0n) is 14.9. The van der Waals surface area contributed by atoms with Crippen molar-refractivity contribution in [2.75, 3.05) is 5.32 Å². The molecule has 0 saturated carbocycles. The maximum absolute atomic E-state index is 13.6. The first kappa shape index (κ1) is 18.1. The molecular formula is C21H20FNO2S. The Kier molecular flexibility index (Phi) is 5.38. The average molecular weight is 369 g/mol.